The van der Waals surface area contributed by atoms with Gasteiger partial charge in [0.2, 0.25) is 18.2 Å². The lowest BCUT2D eigenvalue weighted by Gasteiger charge is -2.11. The van der Waals surface area contributed by atoms with E-state index in [1.165, 1.54) is 10.8 Å². The van der Waals surface area contributed by atoms with Crippen molar-refractivity contribution in [3.05, 3.63) is 49.9 Å². The molecule has 9 nitrogen and oxygen atoms in total. The first-order valence-corrected chi connectivity index (χ1v) is 10.9. The molecular formula is C19H18IN5O4S. The third-order valence-electron chi connectivity index (χ3n) is 4.73. The Morgan fingerprint density at radius 3 is 2.90 bits per heavy atom. The molecule has 30 heavy (non-hydrogen) atoms. The Bertz CT molecular complexity index is 1200. The quantitative estimate of drug-likeness (QED) is 0.188. The number of fused-ring (bicyclic) bond motifs is 1. The number of nitrogens with zero attached hydrogens (tertiary/aromatic N) is 5. The fourth-order valence-corrected chi connectivity index (χ4v) is 3.64. The van der Waals surface area contributed by atoms with Gasteiger partial charge in [0.25, 0.3) is 17.1 Å². The number of rotatable bonds is 8. The Labute approximate surface area is 190 Å². The lowest BCUT2D eigenvalue weighted by molar-refractivity contribution is 0.260. The van der Waals surface area contributed by atoms with Crippen molar-refractivity contribution >= 4 is 40.6 Å². The Balaban J connectivity index is 1.72. The number of halogens is 1. The average Bonchev–Trinajstić information content (AvgIpc) is 3.45. The van der Waals surface area contributed by atoms with Crippen LogP contribution in [0.5, 0.6) is 11.9 Å². The molecule has 1 aliphatic carbocycles. The minimum absolute atomic E-state index is 0.170. The summed E-state index contributed by atoms with van der Waals surface area (Å²) in [6, 6.07) is 3.94. The summed E-state index contributed by atoms with van der Waals surface area (Å²) in [5.74, 6) is 0.375. The van der Waals surface area contributed by atoms with Crippen molar-refractivity contribution in [2.45, 2.75) is 25.3 Å². The van der Waals surface area contributed by atoms with Gasteiger partial charge in [-0.2, -0.15) is 0 Å². The molecule has 0 unspecified atom stereocenters. The van der Waals surface area contributed by atoms with Crippen LogP contribution in [0.2, 0.25) is 0 Å². The maximum Gasteiger partial charge on any atom is 0.299 e. The van der Waals surface area contributed by atoms with Gasteiger partial charge in [0.05, 0.1) is 12.2 Å². The van der Waals surface area contributed by atoms with Crippen molar-refractivity contribution in [2.75, 3.05) is 13.2 Å². The van der Waals surface area contributed by atoms with Crippen LogP contribution in [0, 0.1) is 10.1 Å². The second-order valence-corrected chi connectivity index (χ2v) is 8.63. The maximum absolute atomic E-state index is 13.1. The van der Waals surface area contributed by atoms with E-state index in [-0.39, 0.29) is 23.7 Å². The van der Waals surface area contributed by atoms with Crippen LogP contribution in [0.1, 0.15) is 19.8 Å². The summed E-state index contributed by atoms with van der Waals surface area (Å²) in [5, 5.41) is 0. The van der Waals surface area contributed by atoms with E-state index in [1.807, 2.05) is 25.3 Å². The van der Waals surface area contributed by atoms with Gasteiger partial charge in [-0.15, -0.1) is 0 Å². The Morgan fingerprint density at radius 2 is 2.20 bits per heavy atom. The zero-order chi connectivity index (χ0) is 21.3. The molecular weight excluding hydrogens is 521 g/mol. The summed E-state index contributed by atoms with van der Waals surface area (Å²) in [4.78, 5) is 25.5. The van der Waals surface area contributed by atoms with Crippen LogP contribution < -0.4 is 14.5 Å². The monoisotopic (exact) mass is 539 g/mol. The van der Waals surface area contributed by atoms with E-state index in [0.717, 1.165) is 28.7 Å². The lowest BCUT2D eigenvalue weighted by atomic mass is 10.2. The number of hydrogen-bond acceptors (Lipinski definition) is 7. The summed E-state index contributed by atoms with van der Waals surface area (Å²) < 4.78 is 20.7. The summed E-state index contributed by atoms with van der Waals surface area (Å²) in [6.07, 6.45) is 4.91. The summed E-state index contributed by atoms with van der Waals surface area (Å²) in [7, 11) is 1.58. The SMILES string of the molecule is [C-]#[N+]C1(COc2ncc(-c3nc4ccc(I)cn4c3OSOCC)c(=O)n2C)CC1. The van der Waals surface area contributed by atoms with Crippen LogP contribution in [-0.4, -0.2) is 37.7 Å². The molecule has 0 amide bonds. The lowest BCUT2D eigenvalue weighted by Crippen LogP contribution is -2.25. The van der Waals surface area contributed by atoms with Crippen LogP contribution in [-0.2, 0) is 11.2 Å². The third-order valence-corrected chi connectivity index (χ3v) is 5.93. The number of hydrogen-bond donors (Lipinski definition) is 0. The molecule has 1 aliphatic rings. The van der Waals surface area contributed by atoms with Gasteiger partial charge in [0.1, 0.15) is 11.3 Å². The normalized spacial score (nSPS) is 14.5. The van der Waals surface area contributed by atoms with Crippen LogP contribution >= 0.6 is 34.9 Å². The molecule has 0 aromatic carbocycles. The van der Waals surface area contributed by atoms with Gasteiger partial charge in [-0.1, -0.05) is 0 Å². The van der Waals surface area contributed by atoms with Crippen LogP contribution in [0.3, 0.4) is 0 Å². The van der Waals surface area contributed by atoms with E-state index in [1.54, 1.807) is 11.4 Å². The van der Waals surface area contributed by atoms with E-state index in [2.05, 4.69) is 37.4 Å². The van der Waals surface area contributed by atoms with E-state index in [9.17, 15) is 4.79 Å². The molecule has 0 radical (unpaired) electrons. The Morgan fingerprint density at radius 1 is 1.40 bits per heavy atom. The van der Waals surface area contributed by atoms with Crippen molar-refractivity contribution < 1.29 is 13.1 Å². The number of aromatic nitrogens is 4. The van der Waals surface area contributed by atoms with Gasteiger partial charge in [0.15, 0.2) is 6.61 Å². The predicted molar refractivity (Wildman–Crippen MR) is 120 cm³/mol. The molecule has 1 saturated carbocycles. The zero-order valence-electron chi connectivity index (χ0n) is 16.3. The molecule has 0 saturated heterocycles. The third kappa shape index (κ3) is 3.99. The summed E-state index contributed by atoms with van der Waals surface area (Å²) in [5.41, 5.74) is 0.488. The van der Waals surface area contributed by atoms with E-state index in [4.69, 9.17) is 19.7 Å². The summed E-state index contributed by atoms with van der Waals surface area (Å²) in [6.45, 7) is 9.80. The van der Waals surface area contributed by atoms with Crippen LogP contribution in [0.15, 0.2) is 29.3 Å². The predicted octanol–water partition coefficient (Wildman–Crippen LogP) is 3.51. The van der Waals surface area contributed by atoms with E-state index >= 15 is 0 Å². The second-order valence-electron chi connectivity index (χ2n) is 6.84. The highest BCUT2D eigenvalue weighted by molar-refractivity contribution is 14.1. The molecule has 3 heterocycles. The smallest absolute Gasteiger partial charge is 0.299 e. The van der Waals surface area contributed by atoms with Gasteiger partial charge in [-0.3, -0.25) is 17.9 Å². The molecule has 0 N–H and O–H groups in total. The van der Waals surface area contributed by atoms with Crippen molar-refractivity contribution in [3.63, 3.8) is 0 Å². The minimum atomic E-state index is -0.466. The fraction of sp³-hybridized carbons (Fsp3) is 0.368. The molecule has 4 rings (SSSR count). The molecule has 0 atom stereocenters. The maximum atomic E-state index is 13.1. The first-order valence-electron chi connectivity index (χ1n) is 9.19. The number of imidazole rings is 1. The highest BCUT2D eigenvalue weighted by atomic mass is 127. The second kappa shape index (κ2) is 8.44. The van der Waals surface area contributed by atoms with Gasteiger partial charge in [-0.25, -0.2) is 16.5 Å². The van der Waals surface area contributed by atoms with Crippen molar-refractivity contribution in [3.8, 4) is 23.1 Å². The van der Waals surface area contributed by atoms with Gasteiger partial charge >= 0.3 is 0 Å². The highest BCUT2D eigenvalue weighted by Gasteiger charge is 2.52. The van der Waals surface area contributed by atoms with E-state index in [0.29, 0.717) is 23.8 Å². The number of pyridine rings is 1. The van der Waals surface area contributed by atoms with Gasteiger partial charge < -0.3 is 13.8 Å². The summed E-state index contributed by atoms with van der Waals surface area (Å²) >= 11 is 3.02. The molecule has 3 aromatic heterocycles. The molecule has 0 aliphatic heterocycles. The first-order chi connectivity index (χ1) is 14.5. The minimum Gasteiger partial charge on any atom is -0.456 e. The van der Waals surface area contributed by atoms with E-state index < -0.39 is 5.54 Å². The fourth-order valence-electron chi connectivity index (χ4n) is 2.81. The highest BCUT2D eigenvalue weighted by Crippen LogP contribution is 2.40. The van der Waals surface area contributed by atoms with Crippen molar-refractivity contribution in [2.24, 2.45) is 7.05 Å². The molecule has 11 heteroatoms. The molecule has 0 bridgehead atoms. The number of ether oxygens (including phenoxy) is 1. The average molecular weight is 539 g/mol. The van der Waals surface area contributed by atoms with Crippen LogP contribution in [0.4, 0.5) is 0 Å². The van der Waals surface area contributed by atoms with Gasteiger partial charge in [0, 0.05) is 35.9 Å². The Kier molecular flexibility index (Phi) is 5.90. The Hall–Kier alpha value is -2.30. The standard InChI is InChI=1S/C19H18IN5O4S/c1-4-28-30-29-17-15(23-14-6-5-12(20)10-25(14)17)13-9-22-18(24(3)16(13)26)27-11-19(21-2)7-8-19/h5-6,9-10H,4,7-8,11H2,1,3H3. The largest absolute Gasteiger partial charge is 0.456 e. The van der Waals surface area contributed by atoms with Crippen LogP contribution in [0.25, 0.3) is 21.7 Å². The van der Waals surface area contributed by atoms with Crippen molar-refractivity contribution in [1.82, 2.24) is 18.9 Å². The first kappa shape index (κ1) is 21.0. The molecule has 0 spiro atoms. The topological polar surface area (TPSA) is 84.2 Å². The zero-order valence-corrected chi connectivity index (χ0v) is 19.3. The van der Waals surface area contributed by atoms with Gasteiger partial charge in [-0.05, 0) is 41.6 Å². The molecule has 156 valence electrons. The molecule has 1 fully saturated rings. The van der Waals surface area contributed by atoms with Crippen molar-refractivity contribution in [1.29, 1.82) is 0 Å². The molecule has 3 aromatic rings.